The number of benzene rings is 1. The van der Waals surface area contributed by atoms with E-state index in [1.807, 2.05) is 12.1 Å². The van der Waals surface area contributed by atoms with Crippen molar-refractivity contribution in [3.05, 3.63) is 29.8 Å². The van der Waals surface area contributed by atoms with Crippen LogP contribution in [0.25, 0.3) is 0 Å². The Morgan fingerprint density at radius 2 is 1.83 bits per heavy atom. The largest absolute Gasteiger partial charge is 0.399 e. The lowest BCUT2D eigenvalue weighted by Gasteiger charge is -2.31. The molecule has 0 saturated carbocycles. The lowest BCUT2D eigenvalue weighted by Crippen LogP contribution is -2.36. The minimum Gasteiger partial charge on any atom is -0.399 e. The van der Waals surface area contributed by atoms with Gasteiger partial charge < -0.3 is 10.6 Å². The van der Waals surface area contributed by atoms with Crippen molar-refractivity contribution < 1.29 is 0 Å². The van der Waals surface area contributed by atoms with E-state index in [1.165, 1.54) is 25.1 Å². The molecule has 1 aromatic rings. The van der Waals surface area contributed by atoms with Gasteiger partial charge in [-0.15, -0.1) is 0 Å². The van der Waals surface area contributed by atoms with Gasteiger partial charge in [-0.1, -0.05) is 39.8 Å². The van der Waals surface area contributed by atoms with E-state index < -0.39 is 0 Å². The zero-order valence-corrected chi connectivity index (χ0v) is 12.2. The molecule has 1 aliphatic heterocycles. The summed E-state index contributed by atoms with van der Waals surface area (Å²) in [5.41, 5.74) is 8.65. The summed E-state index contributed by atoms with van der Waals surface area (Å²) in [6, 6.07) is 8.34. The van der Waals surface area contributed by atoms with Gasteiger partial charge in [0.05, 0.1) is 0 Å². The molecule has 0 bridgehead atoms. The van der Waals surface area contributed by atoms with E-state index in [9.17, 15) is 0 Å². The van der Waals surface area contributed by atoms with Gasteiger partial charge in [0.1, 0.15) is 0 Å². The van der Waals surface area contributed by atoms with Crippen molar-refractivity contribution in [3.63, 3.8) is 0 Å². The fraction of sp³-hybridized carbons (Fsp3) is 0.625. The van der Waals surface area contributed by atoms with Crippen molar-refractivity contribution in [1.29, 1.82) is 0 Å². The van der Waals surface area contributed by atoms with Crippen LogP contribution in [-0.2, 0) is 5.41 Å². The standard InChI is InChI=1S/C16H26N2/c1-15(2)9-10-18(11-15)12-16(3,4)13-5-7-14(17)8-6-13/h5-8H,9-12,17H2,1-4H3. The average Bonchev–Trinajstić information content (AvgIpc) is 2.57. The Morgan fingerprint density at radius 3 is 2.33 bits per heavy atom. The predicted molar refractivity (Wildman–Crippen MR) is 78.7 cm³/mol. The van der Waals surface area contributed by atoms with Crippen LogP contribution in [0.2, 0.25) is 0 Å². The molecule has 0 atom stereocenters. The minimum absolute atomic E-state index is 0.189. The number of anilines is 1. The molecule has 0 spiro atoms. The third-order valence-corrected chi connectivity index (χ3v) is 4.07. The number of nitrogens with zero attached hydrogens (tertiary/aromatic N) is 1. The maximum Gasteiger partial charge on any atom is 0.0314 e. The molecule has 2 rings (SSSR count). The Balaban J connectivity index is 2.05. The Hall–Kier alpha value is -1.02. The molecule has 2 nitrogen and oxygen atoms in total. The van der Waals surface area contributed by atoms with Gasteiger partial charge in [0.25, 0.3) is 0 Å². The van der Waals surface area contributed by atoms with Crippen molar-refractivity contribution in [2.24, 2.45) is 5.41 Å². The number of nitrogen functional groups attached to an aromatic ring is 1. The summed E-state index contributed by atoms with van der Waals surface area (Å²) >= 11 is 0. The van der Waals surface area contributed by atoms with Crippen LogP contribution in [0.4, 0.5) is 5.69 Å². The van der Waals surface area contributed by atoms with Crippen molar-refractivity contribution in [2.75, 3.05) is 25.4 Å². The molecule has 0 unspecified atom stereocenters. The lowest BCUT2D eigenvalue weighted by molar-refractivity contribution is 0.242. The van der Waals surface area contributed by atoms with Gasteiger partial charge in [0, 0.05) is 24.2 Å². The van der Waals surface area contributed by atoms with Gasteiger partial charge in [-0.05, 0) is 36.1 Å². The van der Waals surface area contributed by atoms with Crippen LogP contribution >= 0.6 is 0 Å². The Kier molecular flexibility index (Phi) is 3.41. The van der Waals surface area contributed by atoms with Crippen LogP contribution in [0, 0.1) is 5.41 Å². The number of rotatable bonds is 3. The van der Waals surface area contributed by atoms with Crippen molar-refractivity contribution in [1.82, 2.24) is 4.90 Å². The fourth-order valence-corrected chi connectivity index (χ4v) is 2.94. The molecule has 2 heteroatoms. The first-order valence-electron chi connectivity index (χ1n) is 6.87. The van der Waals surface area contributed by atoms with Crippen LogP contribution in [0.3, 0.4) is 0 Å². The summed E-state index contributed by atoms with van der Waals surface area (Å²) < 4.78 is 0. The molecule has 1 fully saturated rings. The SMILES string of the molecule is CC1(C)CCN(CC(C)(C)c2ccc(N)cc2)C1. The fourth-order valence-electron chi connectivity index (χ4n) is 2.94. The van der Waals surface area contributed by atoms with Gasteiger partial charge in [0.15, 0.2) is 0 Å². The van der Waals surface area contributed by atoms with Crippen molar-refractivity contribution in [3.8, 4) is 0 Å². The summed E-state index contributed by atoms with van der Waals surface area (Å²) in [6.45, 7) is 12.9. The highest BCUT2D eigenvalue weighted by Crippen LogP contribution is 2.32. The van der Waals surface area contributed by atoms with Crippen LogP contribution in [0.5, 0.6) is 0 Å². The zero-order chi connectivity index (χ0) is 13.4. The van der Waals surface area contributed by atoms with E-state index in [2.05, 4.69) is 44.7 Å². The minimum atomic E-state index is 0.189. The van der Waals surface area contributed by atoms with E-state index in [1.54, 1.807) is 0 Å². The van der Waals surface area contributed by atoms with Gasteiger partial charge in [-0.2, -0.15) is 0 Å². The van der Waals surface area contributed by atoms with Gasteiger partial charge in [-0.25, -0.2) is 0 Å². The number of likely N-dealkylation sites (tertiary alicyclic amines) is 1. The van der Waals surface area contributed by atoms with Gasteiger partial charge in [0.2, 0.25) is 0 Å². The first-order valence-corrected chi connectivity index (χ1v) is 6.87. The van der Waals surface area contributed by atoms with E-state index in [4.69, 9.17) is 5.73 Å². The Bertz CT molecular complexity index is 404. The number of hydrogen-bond donors (Lipinski definition) is 1. The van der Waals surface area contributed by atoms with Crippen LogP contribution < -0.4 is 5.73 Å². The molecule has 0 aliphatic carbocycles. The van der Waals surface area contributed by atoms with Crippen molar-refractivity contribution >= 4 is 5.69 Å². The molecule has 100 valence electrons. The van der Waals surface area contributed by atoms with Gasteiger partial charge in [-0.3, -0.25) is 0 Å². The van der Waals surface area contributed by atoms with Crippen LogP contribution in [0.1, 0.15) is 39.7 Å². The summed E-state index contributed by atoms with van der Waals surface area (Å²) in [5.74, 6) is 0. The summed E-state index contributed by atoms with van der Waals surface area (Å²) in [5, 5.41) is 0. The molecule has 0 radical (unpaired) electrons. The summed E-state index contributed by atoms with van der Waals surface area (Å²) in [6.07, 6.45) is 1.31. The highest BCUT2D eigenvalue weighted by atomic mass is 15.2. The molecule has 1 aromatic carbocycles. The quantitative estimate of drug-likeness (QED) is 0.829. The van der Waals surface area contributed by atoms with Crippen molar-refractivity contribution in [2.45, 2.75) is 39.5 Å². The molecule has 0 amide bonds. The molecular formula is C16H26N2. The summed E-state index contributed by atoms with van der Waals surface area (Å²) in [7, 11) is 0. The predicted octanol–water partition coefficient (Wildman–Crippen LogP) is 3.28. The molecule has 1 heterocycles. The van der Waals surface area contributed by atoms with Crippen LogP contribution in [0.15, 0.2) is 24.3 Å². The molecule has 1 saturated heterocycles. The second-order valence-corrected chi connectivity index (χ2v) is 7.13. The second kappa shape index (κ2) is 4.58. The summed E-state index contributed by atoms with van der Waals surface area (Å²) in [4.78, 5) is 2.59. The second-order valence-electron chi connectivity index (χ2n) is 7.13. The highest BCUT2D eigenvalue weighted by Gasteiger charge is 2.33. The topological polar surface area (TPSA) is 29.3 Å². The van der Waals surface area contributed by atoms with E-state index in [0.29, 0.717) is 5.41 Å². The van der Waals surface area contributed by atoms with E-state index >= 15 is 0 Å². The monoisotopic (exact) mass is 246 g/mol. The average molecular weight is 246 g/mol. The molecule has 2 N–H and O–H groups in total. The van der Waals surface area contributed by atoms with E-state index in [0.717, 1.165) is 12.2 Å². The molecule has 1 aliphatic rings. The maximum atomic E-state index is 5.76. The number of hydrogen-bond acceptors (Lipinski definition) is 2. The Labute approximate surface area is 111 Å². The maximum absolute atomic E-state index is 5.76. The zero-order valence-electron chi connectivity index (χ0n) is 12.2. The molecule has 18 heavy (non-hydrogen) atoms. The Morgan fingerprint density at radius 1 is 1.22 bits per heavy atom. The smallest absolute Gasteiger partial charge is 0.0314 e. The number of nitrogens with two attached hydrogens (primary N) is 1. The molecule has 0 aromatic heterocycles. The first kappa shape index (κ1) is 13.4. The van der Waals surface area contributed by atoms with E-state index in [-0.39, 0.29) is 5.41 Å². The first-order chi connectivity index (χ1) is 8.28. The lowest BCUT2D eigenvalue weighted by atomic mass is 9.84. The normalized spacial score (nSPS) is 20.2. The highest BCUT2D eigenvalue weighted by molar-refractivity contribution is 5.41. The third-order valence-electron chi connectivity index (χ3n) is 4.07. The molecular weight excluding hydrogens is 220 g/mol. The van der Waals surface area contributed by atoms with Gasteiger partial charge >= 0.3 is 0 Å². The third kappa shape index (κ3) is 3.05. The van der Waals surface area contributed by atoms with Crippen LogP contribution in [-0.4, -0.2) is 24.5 Å².